The van der Waals surface area contributed by atoms with Crippen LogP contribution in [0.15, 0.2) is 18.2 Å². The monoisotopic (exact) mass is 256 g/mol. The van der Waals surface area contributed by atoms with Gasteiger partial charge >= 0.3 is 0 Å². The van der Waals surface area contributed by atoms with Crippen LogP contribution in [-0.2, 0) is 6.54 Å². The SMILES string of the molecule is NCC1(O)CCN(Cc2cccc(F)c2F)CC1. The summed E-state index contributed by atoms with van der Waals surface area (Å²) in [5, 5.41) is 9.98. The highest BCUT2D eigenvalue weighted by Gasteiger charge is 2.30. The number of halogens is 2. The van der Waals surface area contributed by atoms with Crippen LogP contribution in [0.4, 0.5) is 8.78 Å². The van der Waals surface area contributed by atoms with Crippen molar-refractivity contribution in [2.24, 2.45) is 5.73 Å². The van der Waals surface area contributed by atoms with Gasteiger partial charge in [-0.3, -0.25) is 4.90 Å². The molecule has 1 aromatic rings. The number of nitrogens with zero attached hydrogens (tertiary/aromatic N) is 1. The first-order valence-corrected chi connectivity index (χ1v) is 6.12. The number of hydrogen-bond acceptors (Lipinski definition) is 3. The Balaban J connectivity index is 1.98. The smallest absolute Gasteiger partial charge is 0.163 e. The molecular weight excluding hydrogens is 238 g/mol. The summed E-state index contributed by atoms with van der Waals surface area (Å²) < 4.78 is 26.6. The summed E-state index contributed by atoms with van der Waals surface area (Å²) in [7, 11) is 0. The van der Waals surface area contributed by atoms with Crippen molar-refractivity contribution < 1.29 is 13.9 Å². The van der Waals surface area contributed by atoms with Gasteiger partial charge < -0.3 is 10.8 Å². The largest absolute Gasteiger partial charge is 0.388 e. The third-order valence-electron chi connectivity index (χ3n) is 3.59. The van der Waals surface area contributed by atoms with Crippen LogP contribution in [0.25, 0.3) is 0 Å². The zero-order chi connectivity index (χ0) is 13.2. The number of nitrogens with two attached hydrogens (primary N) is 1. The lowest BCUT2D eigenvalue weighted by Gasteiger charge is -2.37. The lowest BCUT2D eigenvalue weighted by atomic mass is 9.91. The molecule has 100 valence electrons. The number of aliphatic hydroxyl groups is 1. The molecule has 0 amide bonds. The highest BCUT2D eigenvalue weighted by molar-refractivity contribution is 5.19. The van der Waals surface area contributed by atoms with Crippen molar-refractivity contribution in [1.29, 1.82) is 0 Å². The van der Waals surface area contributed by atoms with Gasteiger partial charge in [0.05, 0.1) is 5.60 Å². The van der Waals surface area contributed by atoms with E-state index in [1.807, 2.05) is 4.90 Å². The van der Waals surface area contributed by atoms with Gasteiger partial charge in [0, 0.05) is 31.7 Å². The van der Waals surface area contributed by atoms with Gasteiger partial charge in [-0.2, -0.15) is 0 Å². The molecule has 3 N–H and O–H groups in total. The van der Waals surface area contributed by atoms with Crippen LogP contribution in [0.3, 0.4) is 0 Å². The molecule has 1 aliphatic rings. The van der Waals surface area contributed by atoms with Gasteiger partial charge in [0.25, 0.3) is 0 Å². The summed E-state index contributed by atoms with van der Waals surface area (Å²) in [4.78, 5) is 2.00. The standard InChI is InChI=1S/C13H18F2N2O/c14-11-3-1-2-10(12(11)15)8-17-6-4-13(18,9-16)5-7-17/h1-3,18H,4-9,16H2. The van der Waals surface area contributed by atoms with Gasteiger partial charge in [0.1, 0.15) is 0 Å². The molecule has 5 heteroatoms. The summed E-state index contributed by atoms with van der Waals surface area (Å²) >= 11 is 0. The van der Waals surface area contributed by atoms with E-state index in [0.717, 1.165) is 6.07 Å². The van der Waals surface area contributed by atoms with Gasteiger partial charge in [-0.25, -0.2) is 8.78 Å². The molecule has 0 bridgehead atoms. The molecule has 0 atom stereocenters. The Morgan fingerprint density at radius 3 is 2.56 bits per heavy atom. The highest BCUT2D eigenvalue weighted by Crippen LogP contribution is 2.23. The summed E-state index contributed by atoms with van der Waals surface area (Å²) in [5.41, 5.74) is 5.06. The van der Waals surface area contributed by atoms with Gasteiger partial charge in [-0.1, -0.05) is 12.1 Å². The van der Waals surface area contributed by atoms with E-state index in [9.17, 15) is 13.9 Å². The summed E-state index contributed by atoms with van der Waals surface area (Å²) in [6.07, 6.45) is 1.14. The molecular formula is C13H18F2N2O. The van der Waals surface area contributed by atoms with E-state index < -0.39 is 17.2 Å². The summed E-state index contributed by atoms with van der Waals surface area (Å²) in [6.45, 7) is 1.90. The van der Waals surface area contributed by atoms with Crippen LogP contribution in [-0.4, -0.2) is 35.2 Å². The maximum absolute atomic E-state index is 13.5. The molecule has 0 spiro atoms. The number of benzene rings is 1. The molecule has 1 fully saturated rings. The Morgan fingerprint density at radius 1 is 1.28 bits per heavy atom. The van der Waals surface area contributed by atoms with Crippen LogP contribution in [0, 0.1) is 11.6 Å². The predicted molar refractivity (Wildman–Crippen MR) is 64.9 cm³/mol. The lowest BCUT2D eigenvalue weighted by Crippen LogP contribution is -2.48. The van der Waals surface area contributed by atoms with Gasteiger partial charge in [0.15, 0.2) is 11.6 Å². The number of hydrogen-bond donors (Lipinski definition) is 2. The number of rotatable bonds is 3. The van der Waals surface area contributed by atoms with E-state index in [4.69, 9.17) is 5.73 Å². The third-order valence-corrected chi connectivity index (χ3v) is 3.59. The van der Waals surface area contributed by atoms with Crippen LogP contribution < -0.4 is 5.73 Å². The summed E-state index contributed by atoms with van der Waals surface area (Å²) in [5.74, 6) is -1.60. The van der Waals surface area contributed by atoms with Crippen molar-refractivity contribution in [3.63, 3.8) is 0 Å². The molecule has 1 aliphatic heterocycles. The third kappa shape index (κ3) is 2.85. The van der Waals surface area contributed by atoms with Crippen LogP contribution in [0.5, 0.6) is 0 Å². The Hall–Kier alpha value is -1.04. The zero-order valence-electron chi connectivity index (χ0n) is 10.2. The molecule has 0 unspecified atom stereocenters. The van der Waals surface area contributed by atoms with Crippen molar-refractivity contribution in [3.05, 3.63) is 35.4 Å². The molecule has 1 aromatic carbocycles. The second-order valence-corrected chi connectivity index (χ2v) is 4.92. The lowest BCUT2D eigenvalue weighted by molar-refractivity contribution is -0.0155. The van der Waals surface area contributed by atoms with Gasteiger partial charge in [0.2, 0.25) is 0 Å². The second kappa shape index (κ2) is 5.30. The fraction of sp³-hybridized carbons (Fsp3) is 0.538. The second-order valence-electron chi connectivity index (χ2n) is 4.92. The molecule has 2 rings (SSSR count). The van der Waals surface area contributed by atoms with Crippen molar-refractivity contribution in [2.45, 2.75) is 25.0 Å². The average Bonchev–Trinajstić information content (AvgIpc) is 2.38. The first-order valence-electron chi connectivity index (χ1n) is 6.12. The molecule has 0 aliphatic carbocycles. The molecule has 0 aromatic heterocycles. The Labute approximate surface area is 105 Å². The summed E-state index contributed by atoms with van der Waals surface area (Å²) in [6, 6.07) is 4.21. The minimum absolute atomic E-state index is 0.245. The zero-order valence-corrected chi connectivity index (χ0v) is 10.2. The first kappa shape index (κ1) is 13.4. The Kier molecular flexibility index (Phi) is 3.94. The van der Waals surface area contributed by atoms with E-state index >= 15 is 0 Å². The molecule has 1 heterocycles. The van der Waals surface area contributed by atoms with Crippen molar-refractivity contribution in [2.75, 3.05) is 19.6 Å². The van der Waals surface area contributed by atoms with Crippen molar-refractivity contribution in [3.8, 4) is 0 Å². The van der Waals surface area contributed by atoms with Gasteiger partial charge in [-0.05, 0) is 18.9 Å². The van der Waals surface area contributed by atoms with Crippen molar-refractivity contribution >= 4 is 0 Å². The quantitative estimate of drug-likeness (QED) is 0.855. The molecule has 18 heavy (non-hydrogen) atoms. The Morgan fingerprint density at radius 2 is 1.94 bits per heavy atom. The average molecular weight is 256 g/mol. The van der Waals surface area contributed by atoms with E-state index in [1.54, 1.807) is 6.07 Å². The maximum Gasteiger partial charge on any atom is 0.163 e. The highest BCUT2D eigenvalue weighted by atomic mass is 19.2. The van der Waals surface area contributed by atoms with E-state index in [-0.39, 0.29) is 6.54 Å². The number of likely N-dealkylation sites (tertiary alicyclic amines) is 1. The minimum atomic E-state index is -0.817. The van der Waals surface area contributed by atoms with Crippen LogP contribution in [0.2, 0.25) is 0 Å². The van der Waals surface area contributed by atoms with Crippen LogP contribution in [0.1, 0.15) is 18.4 Å². The van der Waals surface area contributed by atoms with E-state index in [1.165, 1.54) is 6.07 Å². The topological polar surface area (TPSA) is 49.5 Å². The Bertz CT molecular complexity index is 417. The fourth-order valence-electron chi connectivity index (χ4n) is 2.24. The molecule has 1 saturated heterocycles. The molecule has 0 saturated carbocycles. The van der Waals surface area contributed by atoms with E-state index in [0.29, 0.717) is 38.0 Å². The van der Waals surface area contributed by atoms with E-state index in [2.05, 4.69) is 0 Å². The van der Waals surface area contributed by atoms with Crippen LogP contribution >= 0.6 is 0 Å². The molecule has 0 radical (unpaired) electrons. The molecule has 3 nitrogen and oxygen atoms in total. The van der Waals surface area contributed by atoms with Gasteiger partial charge in [-0.15, -0.1) is 0 Å². The minimum Gasteiger partial charge on any atom is -0.388 e. The number of piperidine rings is 1. The normalized spacial score (nSPS) is 20.0. The maximum atomic E-state index is 13.5. The van der Waals surface area contributed by atoms with Crippen molar-refractivity contribution in [1.82, 2.24) is 4.90 Å². The predicted octanol–water partition coefficient (Wildman–Crippen LogP) is 1.25. The fourth-order valence-corrected chi connectivity index (χ4v) is 2.24. The first-order chi connectivity index (χ1) is 8.54.